The fraction of sp³-hybridized carbons (Fsp3) is 0.611. The van der Waals surface area contributed by atoms with Gasteiger partial charge in [0.15, 0.2) is 0 Å². The van der Waals surface area contributed by atoms with Crippen LogP contribution in [0.1, 0.15) is 38.5 Å². The van der Waals surface area contributed by atoms with E-state index in [0.29, 0.717) is 11.5 Å². The maximum Gasteiger partial charge on any atom is 0.229 e. The summed E-state index contributed by atoms with van der Waals surface area (Å²) >= 11 is 0. The van der Waals surface area contributed by atoms with Crippen LogP contribution in [0.3, 0.4) is 0 Å². The van der Waals surface area contributed by atoms with Crippen molar-refractivity contribution in [2.75, 3.05) is 19.1 Å². The molecule has 1 aromatic rings. The van der Waals surface area contributed by atoms with Gasteiger partial charge in [-0.2, -0.15) is 0 Å². The lowest BCUT2D eigenvalue weighted by Crippen LogP contribution is -2.48. The summed E-state index contributed by atoms with van der Waals surface area (Å²) in [4.78, 5) is 14.4. The highest BCUT2D eigenvalue weighted by molar-refractivity contribution is 5.95. The second-order valence-corrected chi connectivity index (χ2v) is 7.04. The number of hydrogen-bond donors (Lipinski definition) is 1. The van der Waals surface area contributed by atoms with Crippen molar-refractivity contribution in [1.82, 2.24) is 0 Å². The lowest BCUT2D eigenvalue weighted by Gasteiger charge is -2.51. The number of benzene rings is 1. The zero-order valence-corrected chi connectivity index (χ0v) is 13.5. The number of amides is 1. The standard InChI is InChI=1S/C18H26N2O2/c1-20(15-3-5-16(22-2)6-4-15)17(21)13-11-18(12-13)9-7-14(19)8-10-18/h3-6,13-14H,7-12,19H2,1-2H3. The van der Waals surface area contributed by atoms with Crippen LogP contribution in [0.25, 0.3) is 0 Å². The Morgan fingerprint density at radius 2 is 1.82 bits per heavy atom. The molecule has 0 atom stereocenters. The van der Waals surface area contributed by atoms with Crippen LogP contribution in [-0.4, -0.2) is 26.1 Å². The topological polar surface area (TPSA) is 55.6 Å². The van der Waals surface area contributed by atoms with Gasteiger partial charge >= 0.3 is 0 Å². The number of hydrogen-bond acceptors (Lipinski definition) is 3. The quantitative estimate of drug-likeness (QED) is 0.934. The van der Waals surface area contributed by atoms with Gasteiger partial charge in [-0.15, -0.1) is 0 Å². The van der Waals surface area contributed by atoms with Crippen LogP contribution >= 0.6 is 0 Å². The molecule has 3 rings (SSSR count). The minimum Gasteiger partial charge on any atom is -0.497 e. The van der Waals surface area contributed by atoms with Crippen molar-refractivity contribution in [1.29, 1.82) is 0 Å². The predicted octanol–water partition coefficient (Wildman–Crippen LogP) is 2.96. The van der Waals surface area contributed by atoms with Crippen LogP contribution in [0.5, 0.6) is 5.75 Å². The summed E-state index contributed by atoms with van der Waals surface area (Å²) in [5.74, 6) is 1.23. The molecule has 0 bridgehead atoms. The van der Waals surface area contributed by atoms with Gasteiger partial charge in [0.05, 0.1) is 7.11 Å². The average molecular weight is 302 g/mol. The number of ether oxygens (including phenoxy) is 1. The number of nitrogens with zero attached hydrogens (tertiary/aromatic N) is 1. The number of carbonyl (C=O) groups is 1. The van der Waals surface area contributed by atoms with Crippen LogP contribution in [0.2, 0.25) is 0 Å². The summed E-state index contributed by atoms with van der Waals surface area (Å²) in [5, 5.41) is 0. The first kappa shape index (κ1) is 15.3. The van der Waals surface area contributed by atoms with E-state index in [4.69, 9.17) is 10.5 Å². The molecule has 2 fully saturated rings. The average Bonchev–Trinajstić information content (AvgIpc) is 2.52. The van der Waals surface area contributed by atoms with Crippen molar-refractivity contribution in [2.24, 2.45) is 17.1 Å². The Balaban J connectivity index is 1.58. The molecule has 1 spiro atoms. The van der Waals surface area contributed by atoms with E-state index in [2.05, 4.69) is 0 Å². The number of nitrogens with two attached hydrogens (primary N) is 1. The fourth-order valence-corrected chi connectivity index (χ4v) is 4.03. The Morgan fingerprint density at radius 1 is 1.23 bits per heavy atom. The van der Waals surface area contributed by atoms with Gasteiger partial charge in [-0.05, 0) is 68.2 Å². The third-order valence-electron chi connectivity index (χ3n) is 5.59. The molecule has 2 N–H and O–H groups in total. The number of carbonyl (C=O) groups excluding carboxylic acids is 1. The minimum absolute atomic E-state index is 0.182. The lowest BCUT2D eigenvalue weighted by molar-refractivity contribution is -0.131. The SMILES string of the molecule is COc1ccc(N(C)C(=O)C2CC3(CCC(N)CC3)C2)cc1. The third kappa shape index (κ3) is 2.84. The van der Waals surface area contributed by atoms with Gasteiger partial charge in [0.1, 0.15) is 5.75 Å². The van der Waals surface area contributed by atoms with Crippen molar-refractivity contribution in [3.8, 4) is 5.75 Å². The molecule has 0 saturated heterocycles. The normalized spacial score (nSPS) is 30.7. The molecule has 4 nitrogen and oxygen atoms in total. The third-order valence-corrected chi connectivity index (χ3v) is 5.59. The van der Waals surface area contributed by atoms with Gasteiger partial charge in [0.2, 0.25) is 5.91 Å². The zero-order chi connectivity index (χ0) is 15.7. The molecule has 4 heteroatoms. The molecule has 2 saturated carbocycles. The van der Waals surface area contributed by atoms with Gasteiger partial charge < -0.3 is 15.4 Å². The predicted molar refractivity (Wildman–Crippen MR) is 88.0 cm³/mol. The summed E-state index contributed by atoms with van der Waals surface area (Å²) in [7, 11) is 3.51. The van der Waals surface area contributed by atoms with Gasteiger partial charge in [0, 0.05) is 24.7 Å². The first-order valence-electron chi connectivity index (χ1n) is 8.20. The van der Waals surface area contributed by atoms with Crippen LogP contribution in [0, 0.1) is 11.3 Å². The Hall–Kier alpha value is -1.55. The molecule has 2 aliphatic rings. The number of anilines is 1. The maximum absolute atomic E-state index is 12.6. The number of methoxy groups -OCH3 is 1. The summed E-state index contributed by atoms with van der Waals surface area (Å²) in [6, 6.07) is 8.03. The molecule has 0 aromatic heterocycles. The molecule has 22 heavy (non-hydrogen) atoms. The Bertz CT molecular complexity index is 525. The first-order chi connectivity index (χ1) is 10.5. The molecule has 0 heterocycles. The van der Waals surface area contributed by atoms with E-state index in [9.17, 15) is 4.79 Å². The van der Waals surface area contributed by atoms with E-state index in [1.807, 2.05) is 31.3 Å². The van der Waals surface area contributed by atoms with Crippen LogP contribution in [0.4, 0.5) is 5.69 Å². The lowest BCUT2D eigenvalue weighted by atomic mass is 9.55. The van der Waals surface area contributed by atoms with E-state index in [-0.39, 0.29) is 11.8 Å². The van der Waals surface area contributed by atoms with Crippen LogP contribution in [0.15, 0.2) is 24.3 Å². The largest absolute Gasteiger partial charge is 0.497 e. The smallest absolute Gasteiger partial charge is 0.229 e. The molecule has 1 amide bonds. The molecule has 1 aromatic carbocycles. The fourth-order valence-electron chi connectivity index (χ4n) is 4.03. The summed E-state index contributed by atoms with van der Waals surface area (Å²) in [6.07, 6.45) is 6.72. The Labute approximate surface area is 132 Å². The minimum atomic E-state index is 0.182. The monoisotopic (exact) mass is 302 g/mol. The van der Waals surface area contributed by atoms with Crippen LogP contribution in [-0.2, 0) is 4.79 Å². The van der Waals surface area contributed by atoms with E-state index < -0.39 is 0 Å². The van der Waals surface area contributed by atoms with Crippen LogP contribution < -0.4 is 15.4 Å². The van der Waals surface area contributed by atoms with Crippen molar-refractivity contribution < 1.29 is 9.53 Å². The molecule has 2 aliphatic carbocycles. The second kappa shape index (κ2) is 5.92. The summed E-state index contributed by atoms with van der Waals surface area (Å²) in [6.45, 7) is 0. The second-order valence-electron chi connectivity index (χ2n) is 7.04. The molecular weight excluding hydrogens is 276 g/mol. The van der Waals surface area contributed by atoms with Crippen molar-refractivity contribution in [2.45, 2.75) is 44.6 Å². The van der Waals surface area contributed by atoms with Gasteiger partial charge in [-0.3, -0.25) is 4.79 Å². The maximum atomic E-state index is 12.6. The number of rotatable bonds is 3. The molecule has 0 radical (unpaired) electrons. The molecular formula is C18H26N2O2. The Kier molecular flexibility index (Phi) is 4.13. The van der Waals surface area contributed by atoms with Gasteiger partial charge in [0.25, 0.3) is 0 Å². The van der Waals surface area contributed by atoms with E-state index >= 15 is 0 Å². The molecule has 120 valence electrons. The first-order valence-corrected chi connectivity index (χ1v) is 8.20. The zero-order valence-electron chi connectivity index (χ0n) is 13.5. The Morgan fingerprint density at radius 3 is 2.36 bits per heavy atom. The van der Waals surface area contributed by atoms with Crippen molar-refractivity contribution >= 4 is 11.6 Å². The van der Waals surface area contributed by atoms with E-state index in [0.717, 1.165) is 37.1 Å². The summed E-state index contributed by atoms with van der Waals surface area (Å²) < 4.78 is 5.16. The van der Waals surface area contributed by atoms with Crippen molar-refractivity contribution in [3.05, 3.63) is 24.3 Å². The molecule has 0 aliphatic heterocycles. The highest BCUT2D eigenvalue weighted by atomic mass is 16.5. The van der Waals surface area contributed by atoms with E-state index in [1.54, 1.807) is 12.0 Å². The van der Waals surface area contributed by atoms with Crippen molar-refractivity contribution in [3.63, 3.8) is 0 Å². The van der Waals surface area contributed by atoms with Gasteiger partial charge in [-0.1, -0.05) is 0 Å². The van der Waals surface area contributed by atoms with E-state index in [1.165, 1.54) is 12.8 Å². The summed E-state index contributed by atoms with van der Waals surface area (Å²) in [5.41, 5.74) is 7.33. The molecule has 0 unspecified atom stereocenters. The van der Waals surface area contributed by atoms with Gasteiger partial charge in [-0.25, -0.2) is 0 Å². The highest BCUT2D eigenvalue weighted by Crippen LogP contribution is 2.55. The highest BCUT2D eigenvalue weighted by Gasteiger charge is 2.48.